The molecule has 0 saturated heterocycles. The van der Waals surface area contributed by atoms with E-state index in [9.17, 15) is 14.4 Å². The second-order valence-electron chi connectivity index (χ2n) is 6.74. The van der Waals surface area contributed by atoms with Gasteiger partial charge in [0.05, 0.1) is 12.2 Å². The number of aliphatic carboxylic acids is 1. The molecule has 2 rings (SSSR count). The lowest BCUT2D eigenvalue weighted by molar-refractivity contribution is -0.139. The van der Waals surface area contributed by atoms with Gasteiger partial charge in [-0.05, 0) is 36.1 Å². The Bertz CT molecular complexity index is 707. The molecule has 1 aliphatic carbocycles. The van der Waals surface area contributed by atoms with Crippen LogP contribution >= 0.6 is 0 Å². The quantitative estimate of drug-likeness (QED) is 0.629. The maximum atomic E-state index is 12.3. The highest BCUT2D eigenvalue weighted by Crippen LogP contribution is 2.35. The van der Waals surface area contributed by atoms with E-state index in [1.807, 2.05) is 13.8 Å². The number of ketones is 2. The van der Waals surface area contributed by atoms with Gasteiger partial charge in [0.2, 0.25) is 0 Å². The number of carboxylic acid groups (broad SMARTS) is 1. The maximum Gasteiger partial charge on any atom is 0.341 e. The molecule has 134 valence electrons. The Morgan fingerprint density at radius 3 is 2.36 bits per heavy atom. The van der Waals surface area contributed by atoms with Crippen molar-refractivity contribution in [2.24, 2.45) is 5.41 Å². The molecule has 1 fully saturated rings. The summed E-state index contributed by atoms with van der Waals surface area (Å²) >= 11 is 0. The Balaban J connectivity index is 2.30. The van der Waals surface area contributed by atoms with Crippen LogP contribution < -0.4 is 9.47 Å². The molecule has 6 nitrogen and oxygen atoms in total. The minimum atomic E-state index is -1.09. The van der Waals surface area contributed by atoms with Crippen LogP contribution in [0.5, 0.6) is 11.5 Å². The fourth-order valence-electron chi connectivity index (χ4n) is 2.75. The van der Waals surface area contributed by atoms with E-state index in [1.54, 1.807) is 31.2 Å². The Kier molecular flexibility index (Phi) is 5.62. The van der Waals surface area contributed by atoms with Gasteiger partial charge in [0.25, 0.3) is 0 Å². The average Bonchev–Trinajstić information content (AvgIpc) is 2.49. The topological polar surface area (TPSA) is 89.9 Å². The van der Waals surface area contributed by atoms with Crippen molar-refractivity contribution < 1.29 is 29.0 Å². The third-order valence-electron chi connectivity index (χ3n) is 3.81. The highest BCUT2D eigenvalue weighted by molar-refractivity contribution is 6.25. The number of allylic oxidation sites excluding steroid dienone is 1. The van der Waals surface area contributed by atoms with Crippen molar-refractivity contribution in [1.82, 2.24) is 0 Å². The van der Waals surface area contributed by atoms with Crippen LogP contribution in [0.3, 0.4) is 0 Å². The van der Waals surface area contributed by atoms with E-state index in [4.69, 9.17) is 14.6 Å². The van der Waals surface area contributed by atoms with Crippen molar-refractivity contribution in [1.29, 1.82) is 0 Å². The van der Waals surface area contributed by atoms with Gasteiger partial charge in [0, 0.05) is 12.8 Å². The summed E-state index contributed by atoms with van der Waals surface area (Å²) in [5.41, 5.74) is 0.514. The third-order valence-corrected chi connectivity index (χ3v) is 3.81. The number of carbonyl (C=O) groups is 3. The van der Waals surface area contributed by atoms with E-state index < -0.39 is 12.6 Å². The van der Waals surface area contributed by atoms with E-state index in [1.165, 1.54) is 0 Å². The molecule has 0 radical (unpaired) electrons. The molecule has 1 aromatic carbocycles. The van der Waals surface area contributed by atoms with Crippen LogP contribution in [0, 0.1) is 5.41 Å². The monoisotopic (exact) mass is 346 g/mol. The van der Waals surface area contributed by atoms with Gasteiger partial charge in [-0.3, -0.25) is 9.59 Å². The zero-order valence-corrected chi connectivity index (χ0v) is 14.6. The standard InChI is InChI=1S/C19H22O6/c1-4-24-17-8-12(5-6-16(17)25-11-18(22)23)7-13-14(20)9-19(2,3)10-15(13)21/h5-8H,4,9-11H2,1-3H3,(H,22,23). The molecule has 25 heavy (non-hydrogen) atoms. The molecule has 0 unspecified atom stereocenters. The summed E-state index contributed by atoms with van der Waals surface area (Å²) in [5, 5.41) is 8.72. The lowest BCUT2D eigenvalue weighted by atomic mass is 9.74. The lowest BCUT2D eigenvalue weighted by Gasteiger charge is -2.28. The van der Waals surface area contributed by atoms with Gasteiger partial charge in [0.15, 0.2) is 29.7 Å². The fourth-order valence-corrected chi connectivity index (χ4v) is 2.75. The van der Waals surface area contributed by atoms with Crippen LogP contribution in [0.1, 0.15) is 39.2 Å². The second kappa shape index (κ2) is 7.51. The summed E-state index contributed by atoms with van der Waals surface area (Å²) in [6, 6.07) is 4.86. The summed E-state index contributed by atoms with van der Waals surface area (Å²) in [4.78, 5) is 35.2. The second-order valence-corrected chi connectivity index (χ2v) is 6.74. The van der Waals surface area contributed by atoms with Crippen molar-refractivity contribution in [3.05, 3.63) is 29.3 Å². The molecule has 6 heteroatoms. The molecular formula is C19H22O6. The fraction of sp³-hybridized carbons (Fsp3) is 0.421. The van der Waals surface area contributed by atoms with Crippen LogP contribution in [0.4, 0.5) is 0 Å². The normalized spacial score (nSPS) is 16.5. The number of carboxylic acids is 1. The predicted octanol–water partition coefficient (Wildman–Crippen LogP) is 2.89. The van der Waals surface area contributed by atoms with Gasteiger partial charge in [-0.2, -0.15) is 0 Å². The summed E-state index contributed by atoms with van der Waals surface area (Å²) in [7, 11) is 0. The SMILES string of the molecule is CCOc1cc(C=C2C(=O)CC(C)(C)CC2=O)ccc1OCC(=O)O. The van der Waals surface area contributed by atoms with Gasteiger partial charge in [0.1, 0.15) is 0 Å². The molecule has 0 atom stereocenters. The molecule has 0 aromatic heterocycles. The number of hydrogen-bond donors (Lipinski definition) is 1. The first-order valence-electron chi connectivity index (χ1n) is 8.11. The van der Waals surface area contributed by atoms with E-state index >= 15 is 0 Å². The summed E-state index contributed by atoms with van der Waals surface area (Å²) in [5.74, 6) is -0.742. The lowest BCUT2D eigenvalue weighted by Crippen LogP contribution is -2.31. The first-order valence-corrected chi connectivity index (χ1v) is 8.11. The van der Waals surface area contributed by atoms with Crippen LogP contribution in [-0.2, 0) is 14.4 Å². The first-order chi connectivity index (χ1) is 11.7. The van der Waals surface area contributed by atoms with Crippen molar-refractivity contribution in [2.75, 3.05) is 13.2 Å². The van der Waals surface area contributed by atoms with Gasteiger partial charge in [-0.1, -0.05) is 19.9 Å². The van der Waals surface area contributed by atoms with Gasteiger partial charge >= 0.3 is 5.97 Å². The van der Waals surface area contributed by atoms with Gasteiger partial charge in [-0.25, -0.2) is 4.79 Å². The largest absolute Gasteiger partial charge is 0.490 e. The van der Waals surface area contributed by atoms with Crippen LogP contribution in [0.2, 0.25) is 0 Å². The molecule has 0 spiro atoms. The van der Waals surface area contributed by atoms with Crippen molar-refractivity contribution in [3.8, 4) is 11.5 Å². The van der Waals surface area contributed by atoms with Gasteiger partial charge in [-0.15, -0.1) is 0 Å². The van der Waals surface area contributed by atoms with Crippen molar-refractivity contribution in [2.45, 2.75) is 33.6 Å². The molecule has 1 aromatic rings. The Morgan fingerprint density at radius 1 is 1.16 bits per heavy atom. The summed E-state index contributed by atoms with van der Waals surface area (Å²) < 4.78 is 10.7. The van der Waals surface area contributed by atoms with Crippen LogP contribution in [0.25, 0.3) is 6.08 Å². The number of ether oxygens (including phenoxy) is 2. The van der Waals surface area contributed by atoms with E-state index in [-0.39, 0.29) is 22.6 Å². The molecule has 1 N–H and O–H groups in total. The first kappa shape index (κ1) is 18.7. The highest BCUT2D eigenvalue weighted by atomic mass is 16.5. The molecule has 0 aliphatic heterocycles. The predicted molar refractivity (Wildman–Crippen MR) is 91.7 cm³/mol. The van der Waals surface area contributed by atoms with Crippen molar-refractivity contribution >= 4 is 23.6 Å². The number of Topliss-reactive ketones (excluding diaryl/α,β-unsaturated/α-hetero) is 2. The Morgan fingerprint density at radius 2 is 1.80 bits per heavy atom. The third kappa shape index (κ3) is 4.92. The van der Waals surface area contributed by atoms with E-state index in [0.717, 1.165) is 0 Å². The average molecular weight is 346 g/mol. The summed E-state index contributed by atoms with van der Waals surface area (Å²) in [6.45, 7) is 5.49. The minimum absolute atomic E-state index is 0.162. The van der Waals surface area contributed by atoms with Crippen LogP contribution in [-0.4, -0.2) is 35.9 Å². The maximum absolute atomic E-state index is 12.3. The van der Waals surface area contributed by atoms with E-state index in [0.29, 0.717) is 36.5 Å². The Hall–Kier alpha value is -2.63. The molecule has 0 heterocycles. The van der Waals surface area contributed by atoms with Crippen molar-refractivity contribution in [3.63, 3.8) is 0 Å². The van der Waals surface area contributed by atoms with Crippen LogP contribution in [0.15, 0.2) is 23.8 Å². The number of hydrogen-bond acceptors (Lipinski definition) is 5. The van der Waals surface area contributed by atoms with E-state index in [2.05, 4.69) is 0 Å². The molecule has 1 aliphatic rings. The molecule has 1 saturated carbocycles. The number of rotatable bonds is 6. The zero-order valence-electron chi connectivity index (χ0n) is 14.6. The smallest absolute Gasteiger partial charge is 0.341 e. The molecule has 0 bridgehead atoms. The summed E-state index contributed by atoms with van der Waals surface area (Å²) in [6.07, 6.45) is 2.23. The zero-order chi connectivity index (χ0) is 18.6. The minimum Gasteiger partial charge on any atom is -0.490 e. The molecular weight excluding hydrogens is 324 g/mol. The Labute approximate surface area is 146 Å². The highest BCUT2D eigenvalue weighted by Gasteiger charge is 2.35. The number of benzene rings is 1. The molecule has 0 amide bonds. The van der Waals surface area contributed by atoms with Gasteiger partial charge < -0.3 is 14.6 Å². The number of carbonyl (C=O) groups excluding carboxylic acids is 2.